The van der Waals surface area contributed by atoms with E-state index in [0.717, 1.165) is 4.90 Å². The number of primary amides is 1. The lowest BCUT2D eigenvalue weighted by Gasteiger charge is -2.42. The van der Waals surface area contributed by atoms with Gasteiger partial charge in [-0.2, -0.15) is 0 Å². The minimum Gasteiger partial charge on any atom is -0.507 e. The van der Waals surface area contributed by atoms with Gasteiger partial charge in [-0.25, -0.2) is 4.79 Å². The van der Waals surface area contributed by atoms with E-state index in [0.29, 0.717) is 5.56 Å². The van der Waals surface area contributed by atoms with Crippen molar-refractivity contribution in [3.63, 3.8) is 0 Å². The first-order chi connectivity index (χ1) is 43.3. The fraction of sp³-hybridized carbons (Fsp3) is 0.500. The third kappa shape index (κ3) is 17.7. The maximum absolute atomic E-state index is 14.1. The molecule has 13 N–H and O–H groups in total. The van der Waals surface area contributed by atoms with Crippen molar-refractivity contribution in [3.05, 3.63) is 93.6 Å². The minimum absolute atomic E-state index is 0.0128. The molecule has 3 aromatic carbocycles. The molecule has 0 spiro atoms. The minimum atomic E-state index is -2.43. The number of nitrogens with two attached hydrogens (primary N) is 1. The van der Waals surface area contributed by atoms with Gasteiger partial charge in [-0.1, -0.05) is 24.3 Å². The van der Waals surface area contributed by atoms with Crippen LogP contribution in [0.4, 0.5) is 10.5 Å². The number of hydrogen-bond donors (Lipinski definition) is 12. The van der Waals surface area contributed by atoms with E-state index in [-0.39, 0.29) is 124 Å². The smallest absolute Gasteiger partial charge is 0.407 e. The normalized spacial score (nSPS) is 21.3. The average Bonchev–Trinajstić information content (AvgIpc) is 0.731. The van der Waals surface area contributed by atoms with Crippen molar-refractivity contribution >= 4 is 64.6 Å². The fourth-order valence-electron chi connectivity index (χ4n) is 10.5. The number of carbonyl (C=O) groups is 10. The number of carbonyl (C=O) groups excluding carboxylic acids is 10. The van der Waals surface area contributed by atoms with E-state index in [2.05, 4.69) is 26.6 Å². The molecule has 0 saturated carbocycles. The molecule has 0 bridgehead atoms. The Kier molecular flexibility index (Phi) is 24.6. The molecule has 2 aliphatic carbocycles. The maximum atomic E-state index is 14.1. The zero-order valence-corrected chi connectivity index (χ0v) is 50.3. The van der Waals surface area contributed by atoms with Crippen molar-refractivity contribution in [2.45, 2.75) is 120 Å². The van der Waals surface area contributed by atoms with Crippen LogP contribution >= 0.6 is 0 Å². The quantitative estimate of drug-likeness (QED) is 0.0111. The van der Waals surface area contributed by atoms with Crippen molar-refractivity contribution < 1.29 is 116 Å². The monoisotopic (exact) mass is 1280 g/mol. The molecule has 7 rings (SSSR count). The Hall–Kier alpha value is -8.50. The number of Topliss-reactive ketones (excluding diaryl/α,β-unsaturated/α-hetero) is 1. The molecule has 0 radical (unpaired) electrons. The Bertz CT molecular complexity index is 3220. The summed E-state index contributed by atoms with van der Waals surface area (Å²) in [4.78, 5) is 129. The van der Waals surface area contributed by atoms with Gasteiger partial charge in [0.2, 0.25) is 29.4 Å². The zero-order chi connectivity index (χ0) is 66.3. The molecular formula is C60H75N7O24. The summed E-state index contributed by atoms with van der Waals surface area (Å²) < 4.78 is 44.5. The van der Waals surface area contributed by atoms with Crippen LogP contribution in [0.2, 0.25) is 0 Å². The highest BCUT2D eigenvalue weighted by atomic mass is 16.7. The number of ether oxygens (including phenoxy) is 8. The summed E-state index contributed by atoms with van der Waals surface area (Å²) in [6.07, 6.45) is -7.87. The number of phenolic OH excluding ortho intramolecular Hbond substituents is 2. The number of aromatic hydroxyl groups is 2. The Morgan fingerprint density at radius 3 is 2.02 bits per heavy atom. The summed E-state index contributed by atoms with van der Waals surface area (Å²) in [5.41, 5.74) is 1.64. The van der Waals surface area contributed by atoms with Crippen LogP contribution < -0.4 is 37.1 Å². The molecule has 31 heteroatoms. The number of aliphatic hydroxyl groups excluding tert-OH is 3. The molecule has 3 aromatic rings. The van der Waals surface area contributed by atoms with Crippen LogP contribution in [0, 0.1) is 0 Å². The third-order valence-electron chi connectivity index (χ3n) is 15.3. The number of phenols is 2. The summed E-state index contributed by atoms with van der Waals surface area (Å²) in [7, 11) is 1.27. The summed E-state index contributed by atoms with van der Waals surface area (Å²) in [6.45, 7) is 4.59. The number of ketones is 3. The maximum Gasteiger partial charge on any atom is 0.407 e. The zero-order valence-electron chi connectivity index (χ0n) is 50.3. The number of benzene rings is 3. The molecule has 1 unspecified atom stereocenters. The SMILES string of the molecule is COc1cccc2c1C(=O)c1c(O)c3c(c(O)c1C2=O)C[C@@](O)(C(=O)CO)C[C@@H]3O[C@H]1C[C@H](NC(=O)OCc2ccc(NC(O)[C@@H](CC(N)=O)NC(=O)[C@@H](C)NC(=O)[C@@H](C)NC(=O)CCOCCOCCOCCOCCN3C(=O)C=CC3=O)cc2)[C@H](O)[C@H](C)O1. The Morgan fingerprint density at radius 1 is 0.791 bits per heavy atom. The highest BCUT2D eigenvalue weighted by molar-refractivity contribution is 6.31. The molecule has 1 fully saturated rings. The Balaban J connectivity index is 0.829. The lowest BCUT2D eigenvalue weighted by molar-refractivity contribution is -0.249. The topological polar surface area (TPSA) is 455 Å². The van der Waals surface area contributed by atoms with Crippen molar-refractivity contribution in [1.29, 1.82) is 0 Å². The highest BCUT2D eigenvalue weighted by Crippen LogP contribution is 2.52. The van der Waals surface area contributed by atoms with Gasteiger partial charge in [-0.15, -0.1) is 0 Å². The first-order valence-electron chi connectivity index (χ1n) is 29.1. The van der Waals surface area contributed by atoms with Crippen LogP contribution in [-0.4, -0.2) is 222 Å². The van der Waals surface area contributed by atoms with Gasteiger partial charge < -0.3 is 101 Å². The van der Waals surface area contributed by atoms with E-state index < -0.39 is 156 Å². The summed E-state index contributed by atoms with van der Waals surface area (Å²) in [5, 5.41) is 80.1. The number of imide groups is 1. The van der Waals surface area contributed by atoms with Gasteiger partial charge in [0.25, 0.3) is 11.8 Å². The summed E-state index contributed by atoms with van der Waals surface area (Å²) in [6, 6.07) is 5.48. The largest absolute Gasteiger partial charge is 0.507 e. The van der Waals surface area contributed by atoms with Crippen LogP contribution in [0.5, 0.6) is 17.2 Å². The van der Waals surface area contributed by atoms with Crippen LogP contribution in [0.3, 0.4) is 0 Å². The number of rotatable bonds is 33. The van der Waals surface area contributed by atoms with E-state index in [1.165, 1.54) is 82.5 Å². The van der Waals surface area contributed by atoms with E-state index in [9.17, 15) is 78.6 Å². The molecule has 7 amide bonds. The van der Waals surface area contributed by atoms with Gasteiger partial charge in [-0.3, -0.25) is 48.1 Å². The van der Waals surface area contributed by atoms with Crippen LogP contribution in [-0.2, 0) is 79.7 Å². The number of nitrogens with zero attached hydrogens (tertiary/aromatic N) is 1. The number of nitrogens with one attached hydrogen (secondary N) is 5. The van der Waals surface area contributed by atoms with Crippen molar-refractivity contribution in [3.8, 4) is 17.2 Å². The standard InChI is InChI=1S/C60H75N7O24/c1-30(62-43(71)14-16-85-18-20-87-22-23-88-21-19-86-17-15-67-44(72)12-13-45(67)73)56(79)63-31(2)57(80)65-38(24-42(61)70)58(81)64-34-10-8-33(9-11-34)29-89-59(82)66-37-25-46(90-32(3)51(37)74)91-40-27-60(83,41(69)28-68)26-36-48(40)55(78)50-49(53(36)76)52(75)35-6-5-7-39(84-4)47(35)54(50)77/h5-13,30-32,37-38,40,46,51,58,64,68,74,76,78,81,83H,14-29H2,1-4H3,(H2,61,70)(H,62,71)(H,63,79)(H,65,80)(H,66,82)/t30-,31-,32+,37+,38-,40+,46+,51-,58?,60+/m1/s1. The Morgan fingerprint density at radius 2 is 1.40 bits per heavy atom. The fourth-order valence-corrected chi connectivity index (χ4v) is 10.5. The number of aliphatic hydroxyl groups is 4. The molecule has 2 heterocycles. The number of methoxy groups -OCH3 is 1. The molecule has 0 aromatic heterocycles. The van der Waals surface area contributed by atoms with Crippen molar-refractivity contribution in [2.75, 3.05) is 78.4 Å². The van der Waals surface area contributed by atoms with Crippen LogP contribution in [0.1, 0.15) is 101 Å². The molecule has 10 atom stereocenters. The molecule has 2 aliphatic heterocycles. The second-order valence-electron chi connectivity index (χ2n) is 21.8. The lowest BCUT2D eigenvalue weighted by Crippen LogP contribution is -2.56. The van der Waals surface area contributed by atoms with Gasteiger partial charge in [0, 0.05) is 60.2 Å². The number of amides is 7. The Labute approximate surface area is 520 Å². The highest BCUT2D eigenvalue weighted by Gasteiger charge is 2.50. The lowest BCUT2D eigenvalue weighted by atomic mass is 9.72. The molecule has 1 saturated heterocycles. The molecule has 494 valence electrons. The number of anilines is 1. The molecule has 91 heavy (non-hydrogen) atoms. The number of fused-ring (bicyclic) bond motifs is 3. The second kappa shape index (κ2) is 32.0. The van der Waals surface area contributed by atoms with Crippen LogP contribution in [0.15, 0.2) is 54.6 Å². The van der Waals surface area contributed by atoms with Crippen molar-refractivity contribution in [1.82, 2.24) is 26.2 Å². The van der Waals surface area contributed by atoms with Crippen LogP contribution in [0.25, 0.3) is 0 Å². The number of hydrogen-bond acceptors (Lipinski definition) is 25. The number of alkyl carbamates (subject to hydrolysis) is 1. The average molecular weight is 1280 g/mol. The van der Waals surface area contributed by atoms with Crippen molar-refractivity contribution in [2.24, 2.45) is 5.73 Å². The van der Waals surface area contributed by atoms with E-state index in [1.807, 2.05) is 0 Å². The summed E-state index contributed by atoms with van der Waals surface area (Å²) >= 11 is 0. The predicted molar refractivity (Wildman–Crippen MR) is 312 cm³/mol. The van der Waals surface area contributed by atoms with E-state index in [4.69, 9.17) is 43.6 Å². The first-order valence-corrected chi connectivity index (χ1v) is 29.1. The van der Waals surface area contributed by atoms with Gasteiger partial charge in [0.15, 0.2) is 17.9 Å². The van der Waals surface area contributed by atoms with Gasteiger partial charge in [0.05, 0.1) is 114 Å². The summed E-state index contributed by atoms with van der Waals surface area (Å²) in [5.74, 6) is -8.09. The predicted octanol–water partition coefficient (Wildman–Crippen LogP) is -1.55. The molecule has 4 aliphatic rings. The third-order valence-corrected chi connectivity index (χ3v) is 15.3. The second-order valence-corrected chi connectivity index (χ2v) is 21.8. The molecule has 31 nitrogen and oxygen atoms in total. The van der Waals surface area contributed by atoms with E-state index >= 15 is 0 Å². The van der Waals surface area contributed by atoms with E-state index in [1.54, 1.807) is 0 Å². The van der Waals surface area contributed by atoms with Gasteiger partial charge in [0.1, 0.15) is 60.5 Å². The first kappa shape index (κ1) is 70.0. The molecular weight excluding hydrogens is 1200 g/mol. The van der Waals surface area contributed by atoms with Gasteiger partial charge in [-0.05, 0) is 44.5 Å². The van der Waals surface area contributed by atoms with Gasteiger partial charge >= 0.3 is 6.09 Å².